The molecule has 0 saturated carbocycles. The van der Waals surface area contributed by atoms with E-state index in [1.807, 2.05) is 60.7 Å². The summed E-state index contributed by atoms with van der Waals surface area (Å²) in [7, 11) is 0. The summed E-state index contributed by atoms with van der Waals surface area (Å²) >= 11 is 0. The van der Waals surface area contributed by atoms with Gasteiger partial charge in [-0.3, -0.25) is 0 Å². The number of anilines is 3. The molecule has 0 fully saturated rings. The van der Waals surface area contributed by atoms with Crippen LogP contribution in [0, 0.1) is 0 Å². The van der Waals surface area contributed by atoms with Crippen LogP contribution in [0.25, 0.3) is 44.8 Å². The fourth-order valence-electron chi connectivity index (χ4n) is 8.03. The molecule has 0 aliphatic heterocycles. The van der Waals surface area contributed by atoms with Crippen LogP contribution in [0.3, 0.4) is 0 Å². The van der Waals surface area contributed by atoms with E-state index >= 15 is 0 Å². The molecule has 65 heavy (non-hydrogen) atoms. The first-order chi connectivity index (χ1) is 31.9. The maximum absolute atomic E-state index is 11.9. The fraction of sp³-hybridized carbons (Fsp3) is 0. The molecule has 0 aliphatic rings. The molecule has 0 bridgehead atoms. The average Bonchev–Trinajstić information content (AvgIpc) is 3.36. The third kappa shape index (κ3) is 9.36. The van der Waals surface area contributed by atoms with Gasteiger partial charge in [-0.25, -0.2) is 9.59 Å². The normalized spacial score (nSPS) is 11.5. The molecule has 0 spiro atoms. The van der Waals surface area contributed by atoms with E-state index in [-0.39, 0.29) is 0 Å². The maximum atomic E-state index is 11.9. The Bertz CT molecular complexity index is 3010. The molecule has 9 aromatic carbocycles. The van der Waals surface area contributed by atoms with Gasteiger partial charge in [-0.1, -0.05) is 171 Å². The maximum Gasteiger partial charge on any atom is 0.335 e. The summed E-state index contributed by atoms with van der Waals surface area (Å²) in [6.45, 7) is 7.02. The number of rotatable bonds is 13. The van der Waals surface area contributed by atoms with Crippen LogP contribution in [0.15, 0.2) is 238 Å². The van der Waals surface area contributed by atoms with E-state index in [4.69, 9.17) is 9.47 Å². The van der Waals surface area contributed by atoms with Crippen molar-refractivity contribution in [1.29, 1.82) is 0 Å². The van der Waals surface area contributed by atoms with E-state index in [1.54, 1.807) is 24.3 Å². The lowest BCUT2D eigenvalue weighted by Gasteiger charge is -2.28. The second-order valence-electron chi connectivity index (χ2n) is 15.3. The average molecular weight is 842 g/mol. The predicted molar refractivity (Wildman–Crippen MR) is 268 cm³/mol. The zero-order valence-electron chi connectivity index (χ0n) is 35.5. The Morgan fingerprint density at radius 1 is 0.400 bits per heavy atom. The molecule has 9 rings (SSSR count). The lowest BCUT2D eigenvalue weighted by atomic mass is 9.95. The molecule has 5 nitrogen and oxygen atoms in total. The van der Waals surface area contributed by atoms with Gasteiger partial charge in [0.1, 0.15) is 11.5 Å². The first kappa shape index (κ1) is 41.5. The van der Waals surface area contributed by atoms with Crippen molar-refractivity contribution in [3.8, 4) is 11.5 Å². The van der Waals surface area contributed by atoms with Gasteiger partial charge in [-0.05, 0) is 122 Å². The SMILES string of the molecule is C=CC(=O)Oc1ccc(C(=Cc2ccc(N(c3ccc(C=C(c4ccccc4)c4ccc(OC(=O)C=C)cc4)cc3)c3c4ccccc4cc4ccccc34)cc2)c2ccccc2)cc1. The van der Waals surface area contributed by atoms with Gasteiger partial charge in [0.05, 0.1) is 5.69 Å². The topological polar surface area (TPSA) is 55.8 Å². The molecular formula is C60H43NO4. The molecule has 312 valence electrons. The van der Waals surface area contributed by atoms with Crippen LogP contribution in [-0.2, 0) is 9.59 Å². The van der Waals surface area contributed by atoms with Crippen molar-refractivity contribution in [3.05, 3.63) is 271 Å². The molecule has 5 heteroatoms. The number of benzene rings is 9. The van der Waals surface area contributed by atoms with E-state index < -0.39 is 11.9 Å². The van der Waals surface area contributed by atoms with Crippen LogP contribution >= 0.6 is 0 Å². The summed E-state index contributed by atoms with van der Waals surface area (Å²) < 4.78 is 10.7. The fourth-order valence-corrected chi connectivity index (χ4v) is 8.03. The number of fused-ring (bicyclic) bond motifs is 2. The molecule has 0 amide bonds. The van der Waals surface area contributed by atoms with Gasteiger partial charge in [0, 0.05) is 34.3 Å². The Kier molecular flexibility index (Phi) is 12.2. The van der Waals surface area contributed by atoms with Crippen molar-refractivity contribution in [2.75, 3.05) is 4.90 Å². The highest BCUT2D eigenvalue weighted by atomic mass is 16.5. The van der Waals surface area contributed by atoms with Crippen LogP contribution in [-0.4, -0.2) is 11.9 Å². The zero-order chi connectivity index (χ0) is 44.5. The first-order valence-electron chi connectivity index (χ1n) is 21.3. The zero-order valence-corrected chi connectivity index (χ0v) is 35.5. The van der Waals surface area contributed by atoms with E-state index in [0.29, 0.717) is 11.5 Å². The smallest absolute Gasteiger partial charge is 0.335 e. The second kappa shape index (κ2) is 19.1. The third-order valence-corrected chi connectivity index (χ3v) is 11.2. The highest BCUT2D eigenvalue weighted by Crippen LogP contribution is 2.44. The predicted octanol–water partition coefficient (Wildman–Crippen LogP) is 14.8. The minimum absolute atomic E-state index is 0.456. The van der Waals surface area contributed by atoms with E-state index in [0.717, 1.165) is 95.3 Å². The van der Waals surface area contributed by atoms with Gasteiger partial charge >= 0.3 is 11.9 Å². The molecule has 0 saturated heterocycles. The van der Waals surface area contributed by atoms with Gasteiger partial charge in [0.25, 0.3) is 0 Å². The standard InChI is InChI=1S/C60H43NO4/c1-3-58(62)64-52-35-27-46(28-36-52)56(44-15-7-5-8-16-44)39-42-23-31-50(32-24-42)61(60-54-21-13-11-19-48(54)41-49-20-12-14-22-55(49)60)51-33-25-43(26-34-51)40-57(45-17-9-6-10-18-45)47-29-37-53(38-30-47)65-59(63)4-2/h3-41H,1-2H2. The Hall–Kier alpha value is -8.80. The summed E-state index contributed by atoms with van der Waals surface area (Å²) in [5.41, 5.74) is 11.3. The number of ether oxygens (including phenoxy) is 2. The first-order valence-corrected chi connectivity index (χ1v) is 21.3. The molecule has 0 unspecified atom stereocenters. The van der Waals surface area contributed by atoms with Crippen LogP contribution in [0.1, 0.15) is 33.4 Å². The monoisotopic (exact) mass is 841 g/mol. The molecule has 0 aromatic heterocycles. The van der Waals surface area contributed by atoms with Gasteiger partial charge < -0.3 is 14.4 Å². The van der Waals surface area contributed by atoms with Gasteiger partial charge in [-0.2, -0.15) is 0 Å². The van der Waals surface area contributed by atoms with Crippen LogP contribution < -0.4 is 14.4 Å². The van der Waals surface area contributed by atoms with Gasteiger partial charge in [-0.15, -0.1) is 0 Å². The third-order valence-electron chi connectivity index (χ3n) is 11.2. The van der Waals surface area contributed by atoms with Crippen molar-refractivity contribution in [1.82, 2.24) is 0 Å². The Morgan fingerprint density at radius 2 is 0.754 bits per heavy atom. The summed E-state index contributed by atoms with van der Waals surface area (Å²) in [5, 5.41) is 4.59. The lowest BCUT2D eigenvalue weighted by molar-refractivity contribution is -0.129. The number of esters is 2. The number of carbonyl (C=O) groups excluding carboxylic acids is 2. The van der Waals surface area contributed by atoms with E-state index in [9.17, 15) is 9.59 Å². The molecular weight excluding hydrogens is 799 g/mol. The number of nitrogens with zero attached hydrogens (tertiary/aromatic N) is 1. The number of hydrogen-bond donors (Lipinski definition) is 0. The largest absolute Gasteiger partial charge is 0.423 e. The quantitative estimate of drug-likeness (QED) is 0.0380. The molecule has 9 aromatic rings. The van der Waals surface area contributed by atoms with E-state index in [1.165, 1.54) is 0 Å². The minimum atomic E-state index is -0.499. The van der Waals surface area contributed by atoms with Crippen molar-refractivity contribution >= 4 is 73.8 Å². The molecule has 0 atom stereocenters. The van der Waals surface area contributed by atoms with E-state index in [2.05, 4.69) is 158 Å². The lowest BCUT2D eigenvalue weighted by Crippen LogP contribution is -2.11. The number of hydrogen-bond acceptors (Lipinski definition) is 5. The molecule has 0 heterocycles. The summed E-state index contributed by atoms with van der Waals surface area (Å²) in [6.07, 6.45) is 6.69. The minimum Gasteiger partial charge on any atom is -0.423 e. The van der Waals surface area contributed by atoms with Crippen molar-refractivity contribution in [3.63, 3.8) is 0 Å². The number of carbonyl (C=O) groups is 2. The van der Waals surface area contributed by atoms with Crippen LogP contribution in [0.5, 0.6) is 11.5 Å². The Labute approximate surface area is 378 Å². The second-order valence-corrected chi connectivity index (χ2v) is 15.3. The van der Waals surface area contributed by atoms with Gasteiger partial charge in [0.2, 0.25) is 0 Å². The molecule has 0 radical (unpaired) electrons. The Morgan fingerprint density at radius 3 is 1.14 bits per heavy atom. The molecule has 0 N–H and O–H groups in total. The highest BCUT2D eigenvalue weighted by molar-refractivity contribution is 6.14. The summed E-state index contributed by atoms with van der Waals surface area (Å²) in [4.78, 5) is 26.1. The molecule has 0 aliphatic carbocycles. The Balaban J connectivity index is 1.14. The van der Waals surface area contributed by atoms with Gasteiger partial charge in [0.15, 0.2) is 0 Å². The van der Waals surface area contributed by atoms with Crippen molar-refractivity contribution in [2.24, 2.45) is 0 Å². The van der Waals surface area contributed by atoms with Crippen LogP contribution in [0.4, 0.5) is 17.1 Å². The van der Waals surface area contributed by atoms with Crippen molar-refractivity contribution in [2.45, 2.75) is 0 Å². The summed E-state index contributed by atoms with van der Waals surface area (Å²) in [5.74, 6) is -0.0859. The van der Waals surface area contributed by atoms with Crippen LogP contribution in [0.2, 0.25) is 0 Å². The van der Waals surface area contributed by atoms with Crippen molar-refractivity contribution < 1.29 is 19.1 Å². The highest BCUT2D eigenvalue weighted by Gasteiger charge is 2.19. The summed E-state index contributed by atoms with van der Waals surface area (Å²) in [6, 6.07) is 72.3.